The number of fused-ring (bicyclic) bond motifs is 3. The number of furan rings is 1. The smallest absolute Gasteiger partial charge is 0.322 e. The van der Waals surface area contributed by atoms with Crippen LogP contribution in [0.2, 0.25) is 0 Å². The predicted molar refractivity (Wildman–Crippen MR) is 120 cm³/mol. The van der Waals surface area contributed by atoms with E-state index < -0.39 is 28.0 Å². The van der Waals surface area contributed by atoms with Crippen LogP contribution in [-0.2, 0) is 14.8 Å². The molecule has 0 unspecified atom stereocenters. The number of aromatic nitrogens is 1. The molecule has 0 spiro atoms. The normalized spacial score (nSPS) is 13.0. The van der Waals surface area contributed by atoms with Crippen LogP contribution in [0.3, 0.4) is 0 Å². The molecule has 2 aromatic heterocycles. The summed E-state index contributed by atoms with van der Waals surface area (Å²) in [6.07, 6.45) is 1.70. The summed E-state index contributed by atoms with van der Waals surface area (Å²) >= 11 is 0. The maximum Gasteiger partial charge on any atom is 0.322 e. The summed E-state index contributed by atoms with van der Waals surface area (Å²) in [5.74, 6) is -1.12. The summed E-state index contributed by atoms with van der Waals surface area (Å²) in [5.41, 5.74) is 2.90. The molecule has 2 aromatic carbocycles. The molecule has 2 N–H and O–H groups in total. The first-order valence-corrected chi connectivity index (χ1v) is 11.4. The number of methoxy groups -OCH3 is 1. The number of sulfonamides is 1. The van der Waals surface area contributed by atoms with Crippen LogP contribution in [0.15, 0.2) is 64.0 Å². The van der Waals surface area contributed by atoms with Gasteiger partial charge in [0.2, 0.25) is 15.9 Å². The van der Waals surface area contributed by atoms with Gasteiger partial charge >= 0.3 is 5.97 Å². The standard InChI is InChI=1S/C23H22N2O6S/c1-13(2)22(23(26)27)25-32(28,29)16-6-8-19-18(11-16)17-7-4-14(10-20(17)31-19)15-5-9-21(30-3)24-12-15/h4-13,22,25H,1-3H3,(H,26,27)/t22-/m1/s1. The van der Waals surface area contributed by atoms with E-state index in [-0.39, 0.29) is 4.90 Å². The fraction of sp³-hybridized carbons (Fsp3) is 0.217. The van der Waals surface area contributed by atoms with Crippen LogP contribution in [0.1, 0.15) is 13.8 Å². The first kappa shape index (κ1) is 21.8. The third-order valence-corrected chi connectivity index (χ3v) is 6.69. The van der Waals surface area contributed by atoms with E-state index in [0.29, 0.717) is 22.4 Å². The summed E-state index contributed by atoms with van der Waals surface area (Å²) < 4.78 is 38.9. The Balaban J connectivity index is 1.73. The Bertz CT molecular complexity index is 1410. The van der Waals surface area contributed by atoms with Gasteiger partial charge in [-0.2, -0.15) is 4.72 Å². The van der Waals surface area contributed by atoms with Crippen molar-refractivity contribution in [3.8, 4) is 17.0 Å². The number of rotatable bonds is 7. The molecule has 0 saturated heterocycles. The third kappa shape index (κ3) is 4.04. The Labute approximate surface area is 184 Å². The van der Waals surface area contributed by atoms with Crippen molar-refractivity contribution in [2.24, 2.45) is 5.92 Å². The molecular weight excluding hydrogens is 432 g/mol. The SMILES string of the molecule is COc1ccc(-c2ccc3c(c2)oc2ccc(S(=O)(=O)N[C@@H](C(=O)O)C(C)C)cc23)cn1. The summed E-state index contributed by atoms with van der Waals surface area (Å²) in [6.45, 7) is 3.29. The molecular formula is C23H22N2O6S. The highest BCUT2D eigenvalue weighted by Gasteiger charge is 2.28. The van der Waals surface area contributed by atoms with Crippen molar-refractivity contribution in [1.82, 2.24) is 9.71 Å². The van der Waals surface area contributed by atoms with Crippen molar-refractivity contribution < 1.29 is 27.5 Å². The van der Waals surface area contributed by atoms with Crippen molar-refractivity contribution in [3.05, 3.63) is 54.7 Å². The number of carbonyl (C=O) groups is 1. The monoisotopic (exact) mass is 454 g/mol. The van der Waals surface area contributed by atoms with Gasteiger partial charge in [-0.3, -0.25) is 4.79 Å². The van der Waals surface area contributed by atoms with Crippen molar-refractivity contribution in [1.29, 1.82) is 0 Å². The molecule has 9 heteroatoms. The fourth-order valence-corrected chi connectivity index (χ4v) is 4.85. The molecule has 0 amide bonds. The Kier molecular flexibility index (Phi) is 5.62. The van der Waals surface area contributed by atoms with E-state index in [1.54, 1.807) is 39.3 Å². The van der Waals surface area contributed by atoms with Crippen molar-refractivity contribution in [2.45, 2.75) is 24.8 Å². The molecule has 0 saturated carbocycles. The van der Waals surface area contributed by atoms with E-state index in [1.165, 1.54) is 12.1 Å². The summed E-state index contributed by atoms with van der Waals surface area (Å²) in [4.78, 5) is 15.6. The molecule has 0 aliphatic heterocycles. The molecule has 0 fully saturated rings. The lowest BCUT2D eigenvalue weighted by Crippen LogP contribution is -2.44. The molecule has 2 heterocycles. The molecule has 8 nitrogen and oxygen atoms in total. The number of nitrogens with one attached hydrogen (secondary N) is 1. The number of nitrogens with zero attached hydrogens (tertiary/aromatic N) is 1. The second kappa shape index (κ2) is 8.25. The number of pyridine rings is 1. The van der Waals surface area contributed by atoms with E-state index in [9.17, 15) is 18.3 Å². The van der Waals surface area contributed by atoms with Crippen molar-refractivity contribution in [2.75, 3.05) is 7.11 Å². The van der Waals surface area contributed by atoms with Crippen LogP contribution in [-0.4, -0.2) is 37.6 Å². The number of aliphatic carboxylic acids is 1. The van der Waals surface area contributed by atoms with Gasteiger partial charge in [0.25, 0.3) is 0 Å². The van der Waals surface area contributed by atoms with E-state index in [0.717, 1.165) is 16.5 Å². The first-order valence-electron chi connectivity index (χ1n) is 9.91. The summed E-state index contributed by atoms with van der Waals surface area (Å²) in [6, 6.07) is 12.5. The van der Waals surface area contributed by atoms with Crippen LogP contribution in [0.4, 0.5) is 0 Å². The van der Waals surface area contributed by atoms with Crippen LogP contribution in [0.5, 0.6) is 5.88 Å². The van der Waals surface area contributed by atoms with E-state index in [2.05, 4.69) is 9.71 Å². The van der Waals surface area contributed by atoms with Gasteiger partial charge in [-0.15, -0.1) is 0 Å². The Morgan fingerprint density at radius 3 is 2.41 bits per heavy atom. The van der Waals surface area contributed by atoms with Gasteiger partial charge in [-0.1, -0.05) is 19.9 Å². The van der Waals surface area contributed by atoms with Gasteiger partial charge in [0, 0.05) is 28.6 Å². The molecule has 0 aliphatic rings. The number of carboxylic acid groups (broad SMARTS) is 1. The molecule has 0 aliphatic carbocycles. The zero-order valence-electron chi connectivity index (χ0n) is 17.7. The molecule has 1 atom stereocenters. The zero-order valence-corrected chi connectivity index (χ0v) is 18.5. The second-order valence-corrected chi connectivity index (χ2v) is 9.46. The summed E-state index contributed by atoms with van der Waals surface area (Å²) in [7, 11) is -2.49. The van der Waals surface area contributed by atoms with Crippen LogP contribution in [0.25, 0.3) is 33.1 Å². The first-order chi connectivity index (χ1) is 15.2. The number of carboxylic acids is 1. The maximum absolute atomic E-state index is 12.8. The Hall–Kier alpha value is -3.43. The molecule has 0 bridgehead atoms. The maximum atomic E-state index is 12.8. The van der Waals surface area contributed by atoms with E-state index in [1.807, 2.05) is 24.3 Å². The third-order valence-electron chi connectivity index (χ3n) is 5.25. The van der Waals surface area contributed by atoms with Gasteiger partial charge in [-0.25, -0.2) is 13.4 Å². The molecule has 166 valence electrons. The lowest BCUT2D eigenvalue weighted by atomic mass is 10.1. The minimum absolute atomic E-state index is 0.0250. The molecule has 32 heavy (non-hydrogen) atoms. The number of ether oxygens (including phenoxy) is 1. The number of hydrogen-bond acceptors (Lipinski definition) is 6. The number of hydrogen-bond donors (Lipinski definition) is 2. The highest BCUT2D eigenvalue weighted by molar-refractivity contribution is 7.89. The van der Waals surface area contributed by atoms with Gasteiger partial charge in [0.15, 0.2) is 0 Å². The molecule has 4 aromatic rings. The fourth-order valence-electron chi connectivity index (χ4n) is 3.48. The largest absolute Gasteiger partial charge is 0.481 e. The van der Waals surface area contributed by atoms with Gasteiger partial charge < -0.3 is 14.3 Å². The molecule has 4 rings (SSSR count). The zero-order chi connectivity index (χ0) is 23.0. The van der Waals surface area contributed by atoms with Crippen LogP contribution >= 0.6 is 0 Å². The average molecular weight is 455 g/mol. The highest BCUT2D eigenvalue weighted by Crippen LogP contribution is 2.33. The average Bonchev–Trinajstić information content (AvgIpc) is 3.14. The topological polar surface area (TPSA) is 119 Å². The van der Waals surface area contributed by atoms with Gasteiger partial charge in [0.1, 0.15) is 17.2 Å². The van der Waals surface area contributed by atoms with Crippen LogP contribution in [0, 0.1) is 5.92 Å². The van der Waals surface area contributed by atoms with Crippen molar-refractivity contribution in [3.63, 3.8) is 0 Å². The summed E-state index contributed by atoms with van der Waals surface area (Å²) in [5, 5.41) is 10.7. The van der Waals surface area contributed by atoms with E-state index >= 15 is 0 Å². The van der Waals surface area contributed by atoms with Gasteiger partial charge in [0.05, 0.1) is 12.0 Å². The molecule has 0 radical (unpaired) electrons. The van der Waals surface area contributed by atoms with E-state index in [4.69, 9.17) is 9.15 Å². The Morgan fingerprint density at radius 1 is 1.03 bits per heavy atom. The predicted octanol–water partition coefficient (Wildman–Crippen LogP) is 4.04. The lowest BCUT2D eigenvalue weighted by molar-refractivity contribution is -0.140. The second-order valence-electron chi connectivity index (χ2n) is 7.74. The highest BCUT2D eigenvalue weighted by atomic mass is 32.2. The Morgan fingerprint density at radius 2 is 1.78 bits per heavy atom. The quantitative estimate of drug-likeness (QED) is 0.432. The van der Waals surface area contributed by atoms with Gasteiger partial charge in [-0.05, 0) is 47.9 Å². The minimum atomic E-state index is -4.04. The number of benzene rings is 2. The van der Waals surface area contributed by atoms with Crippen molar-refractivity contribution >= 4 is 37.9 Å². The van der Waals surface area contributed by atoms with Crippen LogP contribution < -0.4 is 9.46 Å². The lowest BCUT2D eigenvalue weighted by Gasteiger charge is -2.17. The minimum Gasteiger partial charge on any atom is -0.481 e.